The van der Waals surface area contributed by atoms with Gasteiger partial charge in [-0.25, -0.2) is 9.18 Å². The molecule has 3 nitrogen and oxygen atoms in total. The predicted octanol–water partition coefficient (Wildman–Crippen LogP) is 3.44. The zero-order valence-electron chi connectivity index (χ0n) is 11.1. The van der Waals surface area contributed by atoms with Crippen LogP contribution in [0.15, 0.2) is 18.2 Å². The van der Waals surface area contributed by atoms with E-state index < -0.39 is 0 Å². The van der Waals surface area contributed by atoms with Crippen molar-refractivity contribution in [1.29, 1.82) is 0 Å². The molecule has 0 saturated heterocycles. The number of rotatable bonds is 4. The topological polar surface area (TPSA) is 41.1 Å². The molecule has 3 rings (SSSR count). The second kappa shape index (κ2) is 4.83. The molecule has 0 radical (unpaired) electrons. The Labute approximate surface area is 112 Å². The highest BCUT2D eigenvalue weighted by Crippen LogP contribution is 2.44. The maximum absolute atomic E-state index is 13.4. The molecule has 19 heavy (non-hydrogen) atoms. The van der Waals surface area contributed by atoms with Gasteiger partial charge in [0.25, 0.3) is 0 Å². The van der Waals surface area contributed by atoms with Gasteiger partial charge in [-0.2, -0.15) is 0 Å². The zero-order chi connectivity index (χ0) is 13.4. The average molecular weight is 262 g/mol. The summed E-state index contributed by atoms with van der Waals surface area (Å²) in [4.78, 5) is 11.9. The molecule has 1 aromatic carbocycles. The first-order valence-electron chi connectivity index (χ1n) is 6.97. The van der Waals surface area contributed by atoms with Crippen LogP contribution in [0.1, 0.15) is 31.2 Å². The van der Waals surface area contributed by atoms with Crippen molar-refractivity contribution in [3.05, 3.63) is 29.6 Å². The van der Waals surface area contributed by atoms with Gasteiger partial charge in [0.2, 0.25) is 0 Å². The minimum atomic E-state index is -0.293. The number of aryl methyl sites for hydroxylation is 1. The summed E-state index contributed by atoms with van der Waals surface area (Å²) in [6.45, 7) is 1.70. The van der Waals surface area contributed by atoms with Crippen LogP contribution in [-0.4, -0.2) is 12.1 Å². The van der Waals surface area contributed by atoms with Crippen LogP contribution in [-0.2, 0) is 0 Å². The quantitative estimate of drug-likeness (QED) is 0.857. The van der Waals surface area contributed by atoms with Crippen molar-refractivity contribution in [1.82, 2.24) is 5.32 Å². The second-order valence-corrected chi connectivity index (χ2v) is 5.76. The fourth-order valence-electron chi connectivity index (χ4n) is 2.52. The number of carbonyl (C=O) groups is 1. The van der Waals surface area contributed by atoms with Crippen LogP contribution >= 0.6 is 0 Å². The van der Waals surface area contributed by atoms with Gasteiger partial charge < -0.3 is 10.6 Å². The van der Waals surface area contributed by atoms with Gasteiger partial charge >= 0.3 is 6.03 Å². The Kier molecular flexibility index (Phi) is 3.17. The molecule has 4 heteroatoms. The molecule has 0 aromatic heterocycles. The third-order valence-corrected chi connectivity index (χ3v) is 3.99. The van der Waals surface area contributed by atoms with Crippen molar-refractivity contribution in [2.24, 2.45) is 11.8 Å². The van der Waals surface area contributed by atoms with Crippen LogP contribution in [0.4, 0.5) is 14.9 Å². The summed E-state index contributed by atoms with van der Waals surface area (Å²) in [5.74, 6) is 1.03. The van der Waals surface area contributed by atoms with E-state index >= 15 is 0 Å². The van der Waals surface area contributed by atoms with Gasteiger partial charge in [-0.1, -0.05) is 6.07 Å². The van der Waals surface area contributed by atoms with E-state index in [-0.39, 0.29) is 11.8 Å². The standard InChI is InChI=1S/C15H19FN2O/c1-9-2-7-12(8-13(9)16)17-15(19)18-14(10-3-4-10)11-5-6-11/h2,7-8,10-11,14H,3-6H2,1H3,(H2,17,18,19). The molecule has 2 fully saturated rings. The number of carbonyl (C=O) groups excluding carboxylic acids is 1. The number of nitrogens with one attached hydrogen (secondary N) is 2. The van der Waals surface area contributed by atoms with Crippen LogP contribution in [0, 0.1) is 24.6 Å². The number of hydrogen-bond acceptors (Lipinski definition) is 1. The Morgan fingerprint density at radius 3 is 2.42 bits per heavy atom. The maximum Gasteiger partial charge on any atom is 0.319 e. The lowest BCUT2D eigenvalue weighted by molar-refractivity contribution is 0.245. The van der Waals surface area contributed by atoms with Crippen molar-refractivity contribution in [2.75, 3.05) is 5.32 Å². The Balaban J connectivity index is 1.59. The van der Waals surface area contributed by atoms with Crippen molar-refractivity contribution < 1.29 is 9.18 Å². The monoisotopic (exact) mass is 262 g/mol. The van der Waals surface area contributed by atoms with E-state index in [0.717, 1.165) is 0 Å². The van der Waals surface area contributed by atoms with E-state index in [1.807, 2.05) is 0 Å². The van der Waals surface area contributed by atoms with E-state index in [0.29, 0.717) is 29.1 Å². The summed E-state index contributed by atoms with van der Waals surface area (Å²) >= 11 is 0. The largest absolute Gasteiger partial charge is 0.335 e. The Hall–Kier alpha value is -1.58. The van der Waals surface area contributed by atoms with Crippen LogP contribution in [0.5, 0.6) is 0 Å². The lowest BCUT2D eigenvalue weighted by Crippen LogP contribution is -2.40. The molecule has 0 unspecified atom stereocenters. The Bertz CT molecular complexity index is 483. The number of amides is 2. The average Bonchev–Trinajstić information content (AvgIpc) is 3.25. The molecule has 0 bridgehead atoms. The summed E-state index contributed by atoms with van der Waals surface area (Å²) in [6.07, 6.45) is 4.89. The highest BCUT2D eigenvalue weighted by atomic mass is 19.1. The number of halogens is 1. The first-order chi connectivity index (χ1) is 9.13. The summed E-state index contributed by atoms with van der Waals surface area (Å²) in [7, 11) is 0. The first-order valence-corrected chi connectivity index (χ1v) is 6.97. The summed E-state index contributed by atoms with van der Waals surface area (Å²) in [5, 5.41) is 5.77. The molecule has 2 N–H and O–H groups in total. The summed E-state index contributed by atoms with van der Waals surface area (Å²) in [5.41, 5.74) is 1.09. The van der Waals surface area contributed by atoms with Crippen LogP contribution < -0.4 is 10.6 Å². The van der Waals surface area contributed by atoms with Gasteiger partial charge in [-0.05, 0) is 62.1 Å². The highest BCUT2D eigenvalue weighted by molar-refractivity contribution is 5.89. The SMILES string of the molecule is Cc1ccc(NC(=O)NC(C2CC2)C2CC2)cc1F. The molecular formula is C15H19FN2O. The predicted molar refractivity (Wildman–Crippen MR) is 72.5 cm³/mol. The van der Waals surface area contributed by atoms with E-state index in [1.54, 1.807) is 19.1 Å². The molecule has 0 aliphatic heterocycles. The van der Waals surface area contributed by atoms with Crippen LogP contribution in [0.2, 0.25) is 0 Å². The van der Waals surface area contributed by atoms with Crippen LogP contribution in [0.25, 0.3) is 0 Å². The van der Waals surface area contributed by atoms with Gasteiger partial charge in [-0.3, -0.25) is 0 Å². The van der Waals surface area contributed by atoms with Crippen LogP contribution in [0.3, 0.4) is 0 Å². The smallest absolute Gasteiger partial charge is 0.319 e. The molecule has 2 saturated carbocycles. The Morgan fingerprint density at radius 1 is 1.26 bits per heavy atom. The van der Waals surface area contributed by atoms with Crippen molar-refractivity contribution in [2.45, 2.75) is 38.6 Å². The highest BCUT2D eigenvalue weighted by Gasteiger charge is 2.42. The lowest BCUT2D eigenvalue weighted by Gasteiger charge is -2.18. The summed E-state index contributed by atoms with van der Waals surface area (Å²) in [6, 6.07) is 4.85. The van der Waals surface area contributed by atoms with Crippen molar-refractivity contribution in [3.63, 3.8) is 0 Å². The fraction of sp³-hybridized carbons (Fsp3) is 0.533. The molecule has 1 aromatic rings. The normalized spacial score (nSPS) is 18.5. The van der Waals surface area contributed by atoms with E-state index in [1.165, 1.54) is 31.7 Å². The van der Waals surface area contributed by atoms with E-state index in [2.05, 4.69) is 10.6 Å². The van der Waals surface area contributed by atoms with Gasteiger partial charge in [0.05, 0.1) is 0 Å². The van der Waals surface area contributed by atoms with Gasteiger partial charge in [0.1, 0.15) is 5.82 Å². The number of anilines is 1. The number of hydrogen-bond donors (Lipinski definition) is 2. The zero-order valence-corrected chi connectivity index (χ0v) is 11.1. The molecule has 0 spiro atoms. The molecule has 0 heterocycles. The lowest BCUT2D eigenvalue weighted by atomic mass is 10.1. The van der Waals surface area contributed by atoms with E-state index in [4.69, 9.17) is 0 Å². The van der Waals surface area contributed by atoms with Crippen molar-refractivity contribution in [3.8, 4) is 0 Å². The molecular weight excluding hydrogens is 243 g/mol. The van der Waals surface area contributed by atoms with Crippen molar-refractivity contribution >= 4 is 11.7 Å². The maximum atomic E-state index is 13.4. The molecule has 0 atom stereocenters. The first kappa shape index (κ1) is 12.5. The molecule has 2 amide bonds. The van der Waals surface area contributed by atoms with Gasteiger partial charge in [-0.15, -0.1) is 0 Å². The summed E-state index contributed by atoms with van der Waals surface area (Å²) < 4.78 is 13.4. The molecule has 2 aliphatic rings. The minimum absolute atomic E-state index is 0.216. The third kappa shape index (κ3) is 3.06. The van der Waals surface area contributed by atoms with Gasteiger partial charge in [0.15, 0.2) is 0 Å². The minimum Gasteiger partial charge on any atom is -0.335 e. The van der Waals surface area contributed by atoms with E-state index in [9.17, 15) is 9.18 Å². The van der Waals surface area contributed by atoms with Gasteiger partial charge in [0, 0.05) is 11.7 Å². The number of benzene rings is 1. The molecule has 102 valence electrons. The second-order valence-electron chi connectivity index (χ2n) is 5.76. The Morgan fingerprint density at radius 2 is 1.89 bits per heavy atom. The fourth-order valence-corrected chi connectivity index (χ4v) is 2.52. The third-order valence-electron chi connectivity index (χ3n) is 3.99. The number of urea groups is 1. The molecule has 2 aliphatic carbocycles.